The van der Waals surface area contributed by atoms with Crippen LogP contribution < -0.4 is 0 Å². The van der Waals surface area contributed by atoms with Crippen molar-refractivity contribution >= 4 is 0 Å². The van der Waals surface area contributed by atoms with Crippen LogP contribution in [0.15, 0.2) is 12.4 Å². The maximum atomic E-state index is 2.59. The van der Waals surface area contributed by atoms with Crippen molar-refractivity contribution in [1.82, 2.24) is 14.7 Å². The van der Waals surface area contributed by atoms with Crippen LogP contribution in [0.4, 0.5) is 0 Å². The third kappa shape index (κ3) is 2.64. The van der Waals surface area contributed by atoms with Crippen molar-refractivity contribution in [3.8, 4) is 0 Å². The molecule has 14 heavy (non-hydrogen) atoms. The summed E-state index contributed by atoms with van der Waals surface area (Å²) >= 11 is 0. The molecule has 0 atom stereocenters. The van der Waals surface area contributed by atoms with E-state index in [1.54, 1.807) is 0 Å². The zero-order chi connectivity index (χ0) is 9.80. The lowest BCUT2D eigenvalue weighted by atomic mass is 10.1. The molecule has 0 aliphatic carbocycles. The van der Waals surface area contributed by atoms with Crippen LogP contribution in [-0.2, 0) is 0 Å². The van der Waals surface area contributed by atoms with Crippen LogP contribution in [0, 0.1) is 0 Å². The normalized spacial score (nSPS) is 23.5. The molecule has 0 amide bonds. The molecule has 0 aromatic rings. The van der Waals surface area contributed by atoms with Gasteiger partial charge in [-0.15, -0.1) is 0 Å². The Morgan fingerprint density at radius 1 is 1.00 bits per heavy atom. The molecule has 0 aromatic heterocycles. The van der Waals surface area contributed by atoms with Crippen LogP contribution >= 0.6 is 0 Å². The highest BCUT2D eigenvalue weighted by Crippen LogP contribution is 2.09. The Hall–Kier alpha value is -0.700. The van der Waals surface area contributed by atoms with Gasteiger partial charge >= 0.3 is 0 Å². The Morgan fingerprint density at radius 3 is 2.43 bits per heavy atom. The van der Waals surface area contributed by atoms with Crippen LogP contribution in [0.3, 0.4) is 0 Å². The Balaban J connectivity index is 1.64. The maximum absolute atomic E-state index is 2.59. The Labute approximate surface area is 87.0 Å². The van der Waals surface area contributed by atoms with E-state index < -0.39 is 0 Å². The molecule has 0 saturated carbocycles. The molecule has 0 N–H and O–H groups in total. The van der Waals surface area contributed by atoms with E-state index in [1.165, 1.54) is 45.4 Å². The van der Waals surface area contributed by atoms with Crippen molar-refractivity contribution in [3.63, 3.8) is 0 Å². The van der Waals surface area contributed by atoms with Gasteiger partial charge in [0.15, 0.2) is 0 Å². The highest BCUT2D eigenvalue weighted by molar-refractivity contribution is 4.88. The summed E-state index contributed by atoms with van der Waals surface area (Å²) in [6, 6.07) is 0. The van der Waals surface area contributed by atoms with E-state index in [-0.39, 0.29) is 0 Å². The van der Waals surface area contributed by atoms with E-state index in [2.05, 4.69) is 34.1 Å². The topological polar surface area (TPSA) is 9.72 Å². The Morgan fingerprint density at radius 2 is 1.79 bits per heavy atom. The van der Waals surface area contributed by atoms with Gasteiger partial charge in [0.2, 0.25) is 0 Å². The van der Waals surface area contributed by atoms with Gasteiger partial charge in [0, 0.05) is 32.5 Å². The number of hydrogen-bond acceptors (Lipinski definition) is 3. The second-order valence-electron chi connectivity index (χ2n) is 4.41. The van der Waals surface area contributed by atoms with Crippen LogP contribution in [-0.4, -0.2) is 54.6 Å². The van der Waals surface area contributed by atoms with Gasteiger partial charge in [-0.05, 0) is 25.9 Å². The summed E-state index contributed by atoms with van der Waals surface area (Å²) in [6.45, 7) is 6.10. The van der Waals surface area contributed by atoms with Gasteiger partial charge in [-0.2, -0.15) is 0 Å². The Kier molecular flexibility index (Phi) is 3.30. The van der Waals surface area contributed by atoms with Gasteiger partial charge in [0.25, 0.3) is 0 Å². The zero-order valence-corrected chi connectivity index (χ0v) is 9.15. The highest BCUT2D eigenvalue weighted by Gasteiger charge is 2.12. The number of rotatable bonds is 3. The molecule has 0 spiro atoms. The Bertz CT molecular complexity index is 197. The maximum Gasteiger partial charge on any atom is 0.0891 e. The van der Waals surface area contributed by atoms with Gasteiger partial charge in [0.05, 0.1) is 6.67 Å². The predicted octanol–water partition coefficient (Wildman–Crippen LogP) is 1.15. The third-order valence-corrected chi connectivity index (χ3v) is 3.09. The molecule has 3 heteroatoms. The minimum atomic E-state index is 1.06. The lowest BCUT2D eigenvalue weighted by Crippen LogP contribution is -2.36. The lowest BCUT2D eigenvalue weighted by molar-refractivity contribution is 0.195. The van der Waals surface area contributed by atoms with Crippen LogP contribution in [0.2, 0.25) is 0 Å². The summed E-state index contributed by atoms with van der Waals surface area (Å²) in [4.78, 5) is 7.19. The summed E-state index contributed by atoms with van der Waals surface area (Å²) in [7, 11) is 2.12. The monoisotopic (exact) mass is 195 g/mol. The molecule has 2 aliphatic heterocycles. The summed E-state index contributed by atoms with van der Waals surface area (Å²) in [5.74, 6) is 0. The van der Waals surface area contributed by atoms with Crippen molar-refractivity contribution in [1.29, 1.82) is 0 Å². The van der Waals surface area contributed by atoms with Gasteiger partial charge in [0.1, 0.15) is 0 Å². The summed E-state index contributed by atoms with van der Waals surface area (Å²) in [6.07, 6.45) is 8.58. The van der Waals surface area contributed by atoms with Gasteiger partial charge < -0.3 is 14.7 Å². The van der Waals surface area contributed by atoms with Crippen LogP contribution in [0.1, 0.15) is 19.3 Å². The molecule has 0 bridgehead atoms. The molecule has 1 fully saturated rings. The first kappa shape index (κ1) is 9.84. The standard InChI is InChI=1S/C11H21N3/c1-12-7-8-14(11-12)10-9-13-5-3-2-4-6-13/h7-8H,2-6,9-11H2,1H3. The van der Waals surface area contributed by atoms with Gasteiger partial charge in [-0.1, -0.05) is 6.42 Å². The quantitative estimate of drug-likeness (QED) is 0.669. The number of likely N-dealkylation sites (tertiary alicyclic amines) is 1. The zero-order valence-electron chi connectivity index (χ0n) is 9.15. The van der Waals surface area contributed by atoms with Crippen molar-refractivity contribution < 1.29 is 0 Å². The lowest BCUT2D eigenvalue weighted by Gasteiger charge is -2.28. The van der Waals surface area contributed by atoms with Crippen molar-refractivity contribution in [2.24, 2.45) is 0 Å². The van der Waals surface area contributed by atoms with E-state index in [0.29, 0.717) is 0 Å². The molecule has 0 unspecified atom stereocenters. The number of hydrogen-bond donors (Lipinski definition) is 0. The van der Waals surface area contributed by atoms with E-state index in [1.807, 2.05) is 0 Å². The molecular formula is C11H21N3. The molecule has 2 aliphatic rings. The molecular weight excluding hydrogens is 174 g/mol. The fourth-order valence-electron chi connectivity index (χ4n) is 2.19. The minimum Gasteiger partial charge on any atom is -0.362 e. The van der Waals surface area contributed by atoms with E-state index in [0.717, 1.165) is 6.67 Å². The van der Waals surface area contributed by atoms with E-state index in [9.17, 15) is 0 Å². The predicted molar refractivity (Wildman–Crippen MR) is 58.8 cm³/mol. The van der Waals surface area contributed by atoms with Crippen LogP contribution in [0.5, 0.6) is 0 Å². The molecule has 1 saturated heterocycles. The van der Waals surface area contributed by atoms with Crippen LogP contribution in [0.25, 0.3) is 0 Å². The highest BCUT2D eigenvalue weighted by atomic mass is 15.3. The largest absolute Gasteiger partial charge is 0.362 e. The van der Waals surface area contributed by atoms with E-state index in [4.69, 9.17) is 0 Å². The first-order valence-electron chi connectivity index (χ1n) is 5.69. The fourth-order valence-corrected chi connectivity index (χ4v) is 2.19. The molecule has 0 aromatic carbocycles. The average Bonchev–Trinajstić information content (AvgIpc) is 2.63. The van der Waals surface area contributed by atoms with Crippen molar-refractivity contribution in [3.05, 3.63) is 12.4 Å². The van der Waals surface area contributed by atoms with Crippen molar-refractivity contribution in [2.45, 2.75) is 19.3 Å². The number of nitrogens with zero attached hydrogens (tertiary/aromatic N) is 3. The SMILES string of the molecule is CN1C=CN(CCN2CCCCC2)C1. The molecule has 80 valence electrons. The molecule has 2 heterocycles. The second kappa shape index (κ2) is 4.69. The first-order chi connectivity index (χ1) is 6.84. The fraction of sp³-hybridized carbons (Fsp3) is 0.818. The van der Waals surface area contributed by atoms with Gasteiger partial charge in [-0.25, -0.2) is 0 Å². The second-order valence-corrected chi connectivity index (χ2v) is 4.41. The summed E-state index contributed by atoms with van der Waals surface area (Å²) < 4.78 is 0. The molecule has 0 radical (unpaired) electrons. The van der Waals surface area contributed by atoms with E-state index >= 15 is 0 Å². The van der Waals surface area contributed by atoms with Gasteiger partial charge in [-0.3, -0.25) is 0 Å². The smallest absolute Gasteiger partial charge is 0.0891 e. The third-order valence-electron chi connectivity index (χ3n) is 3.09. The average molecular weight is 195 g/mol. The summed E-state index contributed by atoms with van der Waals surface area (Å²) in [5, 5.41) is 0. The molecule has 2 rings (SSSR count). The molecule has 3 nitrogen and oxygen atoms in total. The number of piperidine rings is 1. The summed E-state index contributed by atoms with van der Waals surface area (Å²) in [5.41, 5.74) is 0. The first-order valence-corrected chi connectivity index (χ1v) is 5.69. The van der Waals surface area contributed by atoms with Crippen molar-refractivity contribution in [2.75, 3.05) is 39.9 Å². The minimum absolute atomic E-state index is 1.06.